The summed E-state index contributed by atoms with van der Waals surface area (Å²) in [7, 11) is 0. The Kier molecular flexibility index (Phi) is 4.82. The minimum Gasteiger partial charge on any atom is -0.505 e. The minimum absolute atomic E-state index is 0.103. The van der Waals surface area contributed by atoms with Crippen LogP contribution < -0.4 is 5.32 Å². The van der Waals surface area contributed by atoms with Crippen molar-refractivity contribution in [1.29, 1.82) is 0 Å². The van der Waals surface area contributed by atoms with Crippen molar-refractivity contribution in [1.82, 2.24) is 25.1 Å². The highest BCUT2D eigenvalue weighted by atomic mass is 19.4. The summed E-state index contributed by atoms with van der Waals surface area (Å²) in [5.41, 5.74) is -0.814. The summed E-state index contributed by atoms with van der Waals surface area (Å²) in [6.45, 7) is 2.18. The van der Waals surface area contributed by atoms with E-state index >= 15 is 0 Å². The first-order chi connectivity index (χ1) is 10.8. The van der Waals surface area contributed by atoms with E-state index in [4.69, 9.17) is 5.11 Å². The van der Waals surface area contributed by atoms with E-state index in [0.29, 0.717) is 0 Å². The minimum atomic E-state index is -4.42. The standard InChI is InChI=1S/C13H14F3N5O2/c1-8(6-21-7-9(3-20-21)13(14,15)16)2-19-12(23)11-17-4-10(22)5-18-11/h3-5,7-8,22H,2,6H2,1H3,(H,19,23). The summed E-state index contributed by atoms with van der Waals surface area (Å²) >= 11 is 0. The fourth-order valence-corrected chi connectivity index (χ4v) is 1.78. The lowest BCUT2D eigenvalue weighted by Crippen LogP contribution is -2.31. The molecule has 23 heavy (non-hydrogen) atoms. The van der Waals surface area contributed by atoms with Crippen LogP contribution in [0.1, 0.15) is 23.1 Å². The average Bonchev–Trinajstić information content (AvgIpc) is 2.94. The lowest BCUT2D eigenvalue weighted by Gasteiger charge is -2.12. The van der Waals surface area contributed by atoms with Gasteiger partial charge in [-0.3, -0.25) is 9.48 Å². The molecule has 124 valence electrons. The first-order valence-electron chi connectivity index (χ1n) is 6.64. The lowest BCUT2D eigenvalue weighted by molar-refractivity contribution is -0.137. The number of hydrogen-bond acceptors (Lipinski definition) is 5. The van der Waals surface area contributed by atoms with E-state index in [1.165, 1.54) is 4.68 Å². The second-order valence-corrected chi connectivity index (χ2v) is 5.03. The van der Waals surface area contributed by atoms with Crippen LogP contribution in [0.3, 0.4) is 0 Å². The Morgan fingerprint density at radius 2 is 2.00 bits per heavy atom. The number of rotatable bonds is 5. The van der Waals surface area contributed by atoms with Gasteiger partial charge in [-0.05, 0) is 5.92 Å². The SMILES string of the molecule is CC(CNC(=O)c1ncc(O)cn1)Cn1cc(C(F)(F)F)cn1. The number of aromatic nitrogens is 4. The predicted octanol–water partition coefficient (Wildman–Crippen LogP) is 1.46. The van der Waals surface area contributed by atoms with Crippen molar-refractivity contribution in [2.75, 3.05) is 6.54 Å². The molecule has 0 bridgehead atoms. The highest BCUT2D eigenvalue weighted by molar-refractivity contribution is 5.90. The number of carbonyl (C=O) groups is 1. The van der Waals surface area contributed by atoms with Crippen LogP contribution in [0, 0.1) is 5.92 Å². The molecule has 0 aromatic carbocycles. The van der Waals surface area contributed by atoms with Gasteiger partial charge in [-0.1, -0.05) is 6.92 Å². The molecule has 2 N–H and O–H groups in total. The lowest BCUT2D eigenvalue weighted by atomic mass is 10.2. The number of halogens is 3. The Morgan fingerprint density at radius 3 is 2.57 bits per heavy atom. The number of carbonyl (C=O) groups excluding carboxylic acids is 1. The zero-order valence-corrected chi connectivity index (χ0v) is 12.1. The Balaban J connectivity index is 1.85. The predicted molar refractivity (Wildman–Crippen MR) is 72.4 cm³/mol. The maximum Gasteiger partial charge on any atom is 0.419 e. The normalized spacial score (nSPS) is 12.9. The van der Waals surface area contributed by atoms with Gasteiger partial charge in [0.05, 0.1) is 24.2 Å². The third-order valence-corrected chi connectivity index (χ3v) is 2.91. The van der Waals surface area contributed by atoms with Gasteiger partial charge >= 0.3 is 6.18 Å². The first kappa shape index (κ1) is 16.7. The number of aromatic hydroxyl groups is 1. The van der Waals surface area contributed by atoms with Crippen molar-refractivity contribution in [3.05, 3.63) is 36.2 Å². The van der Waals surface area contributed by atoms with E-state index in [-0.39, 0.29) is 30.6 Å². The summed E-state index contributed by atoms with van der Waals surface area (Å²) in [6, 6.07) is 0. The number of nitrogens with one attached hydrogen (secondary N) is 1. The van der Waals surface area contributed by atoms with Gasteiger partial charge < -0.3 is 10.4 Å². The molecule has 0 fully saturated rings. The van der Waals surface area contributed by atoms with Crippen LogP contribution in [0.4, 0.5) is 13.2 Å². The van der Waals surface area contributed by atoms with Crippen LogP contribution in [-0.2, 0) is 12.7 Å². The second-order valence-electron chi connectivity index (χ2n) is 5.03. The van der Waals surface area contributed by atoms with E-state index in [0.717, 1.165) is 24.8 Å². The van der Waals surface area contributed by atoms with Crippen molar-refractivity contribution in [2.24, 2.45) is 5.92 Å². The molecule has 0 radical (unpaired) electrons. The third-order valence-electron chi connectivity index (χ3n) is 2.91. The molecule has 0 saturated heterocycles. The molecular formula is C13H14F3N5O2. The molecule has 1 unspecified atom stereocenters. The van der Waals surface area contributed by atoms with Gasteiger partial charge in [0, 0.05) is 19.3 Å². The quantitative estimate of drug-likeness (QED) is 0.866. The van der Waals surface area contributed by atoms with Crippen LogP contribution >= 0.6 is 0 Å². The Labute approximate surface area is 129 Å². The molecular weight excluding hydrogens is 315 g/mol. The molecule has 7 nitrogen and oxygen atoms in total. The number of alkyl halides is 3. The molecule has 2 aromatic heterocycles. The number of hydrogen-bond donors (Lipinski definition) is 2. The highest BCUT2D eigenvalue weighted by Gasteiger charge is 2.32. The van der Waals surface area contributed by atoms with E-state index in [9.17, 15) is 18.0 Å². The van der Waals surface area contributed by atoms with Gasteiger partial charge in [-0.2, -0.15) is 18.3 Å². The molecule has 1 amide bonds. The summed E-state index contributed by atoms with van der Waals surface area (Å²) in [5.74, 6) is -0.951. The number of nitrogens with zero attached hydrogens (tertiary/aromatic N) is 4. The van der Waals surface area contributed by atoms with E-state index in [2.05, 4.69) is 20.4 Å². The Hall–Kier alpha value is -2.65. The van der Waals surface area contributed by atoms with Crippen LogP contribution in [-0.4, -0.2) is 37.3 Å². The van der Waals surface area contributed by atoms with Crippen molar-refractivity contribution in [2.45, 2.75) is 19.6 Å². The molecule has 1 atom stereocenters. The highest BCUT2D eigenvalue weighted by Crippen LogP contribution is 2.28. The molecule has 0 saturated carbocycles. The summed E-state index contributed by atoms with van der Waals surface area (Å²) in [6.07, 6.45) is -0.565. The van der Waals surface area contributed by atoms with Crippen molar-refractivity contribution in [3.8, 4) is 5.75 Å². The van der Waals surface area contributed by atoms with Crippen LogP contribution in [0.25, 0.3) is 0 Å². The summed E-state index contributed by atoms with van der Waals surface area (Å²) in [4.78, 5) is 19.1. The van der Waals surface area contributed by atoms with E-state index in [1.807, 2.05) is 0 Å². The van der Waals surface area contributed by atoms with Crippen molar-refractivity contribution >= 4 is 5.91 Å². The molecule has 0 aliphatic carbocycles. The van der Waals surface area contributed by atoms with Gasteiger partial charge in [-0.25, -0.2) is 9.97 Å². The van der Waals surface area contributed by atoms with Gasteiger partial charge in [-0.15, -0.1) is 0 Å². The Morgan fingerprint density at radius 1 is 1.35 bits per heavy atom. The van der Waals surface area contributed by atoms with Crippen molar-refractivity contribution < 1.29 is 23.1 Å². The van der Waals surface area contributed by atoms with Crippen LogP contribution in [0.2, 0.25) is 0 Å². The van der Waals surface area contributed by atoms with Crippen molar-refractivity contribution in [3.63, 3.8) is 0 Å². The fourth-order valence-electron chi connectivity index (χ4n) is 1.78. The van der Waals surface area contributed by atoms with Crippen LogP contribution in [0.15, 0.2) is 24.8 Å². The van der Waals surface area contributed by atoms with E-state index < -0.39 is 17.6 Å². The van der Waals surface area contributed by atoms with E-state index in [1.54, 1.807) is 6.92 Å². The maximum atomic E-state index is 12.5. The molecule has 2 heterocycles. The van der Waals surface area contributed by atoms with Gasteiger partial charge in [0.1, 0.15) is 0 Å². The van der Waals surface area contributed by atoms with Gasteiger partial charge in [0.15, 0.2) is 5.75 Å². The topological polar surface area (TPSA) is 92.9 Å². The molecule has 2 rings (SSSR count). The Bertz CT molecular complexity index is 669. The average molecular weight is 329 g/mol. The van der Waals surface area contributed by atoms with Gasteiger partial charge in [0.2, 0.25) is 5.82 Å². The summed E-state index contributed by atoms with van der Waals surface area (Å²) in [5, 5.41) is 15.2. The third kappa shape index (κ3) is 4.66. The smallest absolute Gasteiger partial charge is 0.419 e. The van der Waals surface area contributed by atoms with Crippen LogP contribution in [0.5, 0.6) is 5.75 Å². The second kappa shape index (κ2) is 6.63. The number of amides is 1. The molecule has 10 heteroatoms. The van der Waals surface area contributed by atoms with Gasteiger partial charge in [0.25, 0.3) is 5.91 Å². The monoisotopic (exact) mass is 329 g/mol. The summed E-state index contributed by atoms with van der Waals surface area (Å²) < 4.78 is 38.6. The first-order valence-corrected chi connectivity index (χ1v) is 6.64. The zero-order chi connectivity index (χ0) is 17.0. The maximum absolute atomic E-state index is 12.5. The largest absolute Gasteiger partial charge is 0.505 e. The zero-order valence-electron chi connectivity index (χ0n) is 12.1. The fraction of sp³-hybridized carbons (Fsp3) is 0.385. The molecule has 0 aliphatic rings. The molecule has 0 aliphatic heterocycles. The molecule has 2 aromatic rings. The molecule has 0 spiro atoms.